The number of hydrogen-bond donors (Lipinski definition) is 0. The zero-order valence-corrected chi connectivity index (χ0v) is 11.2. The molecule has 0 heterocycles. The molecule has 3 aromatic carbocycles. The molecule has 0 spiro atoms. The lowest BCUT2D eigenvalue weighted by atomic mass is 10.0. The summed E-state index contributed by atoms with van der Waals surface area (Å²) in [6, 6.07) is 17.5. The fraction of sp³-hybridized carbons (Fsp3) is 0.0667. The number of hydrogen-bond acceptors (Lipinski definition) is 0. The summed E-state index contributed by atoms with van der Waals surface area (Å²) in [6.45, 7) is 2.16. The molecular weight excluding hydrogens is 307 g/mol. The normalized spacial score (nSPS) is 11.1. The predicted molar refractivity (Wildman–Crippen MR) is 78.9 cm³/mol. The Morgan fingerprint density at radius 1 is 0.812 bits per heavy atom. The molecule has 0 nitrogen and oxygen atoms in total. The smallest absolute Gasteiger partial charge is 0.0211 e. The van der Waals surface area contributed by atoms with Crippen molar-refractivity contribution in [3.8, 4) is 0 Å². The maximum Gasteiger partial charge on any atom is 0.0211 e. The molecule has 0 radical (unpaired) electrons. The van der Waals surface area contributed by atoms with Crippen LogP contribution in [0.3, 0.4) is 0 Å². The van der Waals surface area contributed by atoms with E-state index in [4.69, 9.17) is 0 Å². The maximum atomic E-state index is 2.42. The summed E-state index contributed by atoms with van der Waals surface area (Å²) in [5, 5.41) is 5.38. The third-order valence-electron chi connectivity index (χ3n) is 2.95. The first-order valence-electron chi connectivity index (χ1n) is 5.33. The molecule has 0 fully saturated rings. The van der Waals surface area contributed by atoms with Gasteiger partial charge in [0, 0.05) is 3.57 Å². The summed E-state index contributed by atoms with van der Waals surface area (Å²) in [7, 11) is 0. The maximum absolute atomic E-state index is 2.42. The molecule has 3 rings (SSSR count). The van der Waals surface area contributed by atoms with Crippen LogP contribution in [0, 0.1) is 10.5 Å². The summed E-state index contributed by atoms with van der Waals surface area (Å²) < 4.78 is 1.33. The standard InChI is InChI=1S/C15H11I/c1-10-8-14-12-5-3-2-4-11(12)6-7-13(14)15(16)9-10/h2-9H,1H3. The Bertz CT molecular complexity index is 683. The van der Waals surface area contributed by atoms with Crippen LogP contribution in [0.4, 0.5) is 0 Å². The summed E-state index contributed by atoms with van der Waals surface area (Å²) in [5.74, 6) is 0. The van der Waals surface area contributed by atoms with Gasteiger partial charge in [-0.1, -0.05) is 42.5 Å². The van der Waals surface area contributed by atoms with E-state index in [0.717, 1.165) is 0 Å². The zero-order chi connectivity index (χ0) is 11.1. The minimum absolute atomic E-state index is 1.32. The van der Waals surface area contributed by atoms with Gasteiger partial charge in [-0.05, 0) is 62.7 Å². The summed E-state index contributed by atoms with van der Waals surface area (Å²) in [6.07, 6.45) is 0. The lowest BCUT2D eigenvalue weighted by molar-refractivity contribution is 1.49. The van der Waals surface area contributed by atoms with Gasteiger partial charge in [-0.25, -0.2) is 0 Å². The van der Waals surface area contributed by atoms with Crippen molar-refractivity contribution in [1.82, 2.24) is 0 Å². The van der Waals surface area contributed by atoms with E-state index >= 15 is 0 Å². The van der Waals surface area contributed by atoms with Gasteiger partial charge in [-0.3, -0.25) is 0 Å². The van der Waals surface area contributed by atoms with Crippen molar-refractivity contribution in [2.45, 2.75) is 6.92 Å². The van der Waals surface area contributed by atoms with Gasteiger partial charge in [0.25, 0.3) is 0 Å². The van der Waals surface area contributed by atoms with Crippen molar-refractivity contribution in [2.75, 3.05) is 0 Å². The van der Waals surface area contributed by atoms with Gasteiger partial charge in [0.2, 0.25) is 0 Å². The lowest BCUT2D eigenvalue weighted by Gasteiger charge is -2.06. The van der Waals surface area contributed by atoms with Crippen molar-refractivity contribution in [2.24, 2.45) is 0 Å². The first-order chi connectivity index (χ1) is 7.75. The van der Waals surface area contributed by atoms with Crippen molar-refractivity contribution < 1.29 is 0 Å². The van der Waals surface area contributed by atoms with Crippen molar-refractivity contribution >= 4 is 44.1 Å². The average Bonchev–Trinajstić information content (AvgIpc) is 2.28. The van der Waals surface area contributed by atoms with Crippen molar-refractivity contribution in [3.63, 3.8) is 0 Å². The van der Waals surface area contributed by atoms with Crippen LogP contribution in [-0.4, -0.2) is 0 Å². The van der Waals surface area contributed by atoms with E-state index in [-0.39, 0.29) is 0 Å². The molecule has 0 aliphatic rings. The molecule has 0 saturated heterocycles. The molecular formula is C15H11I. The SMILES string of the molecule is Cc1cc(I)c2ccc3ccccc3c2c1. The summed E-state index contributed by atoms with van der Waals surface area (Å²) in [5.41, 5.74) is 1.33. The van der Waals surface area contributed by atoms with E-state index in [1.54, 1.807) is 0 Å². The predicted octanol–water partition coefficient (Wildman–Crippen LogP) is 4.91. The number of aryl methyl sites for hydroxylation is 1. The van der Waals surface area contributed by atoms with E-state index in [1.807, 2.05) is 0 Å². The second-order valence-corrected chi connectivity index (χ2v) is 5.29. The number of fused-ring (bicyclic) bond motifs is 3. The highest BCUT2D eigenvalue weighted by Gasteiger charge is 2.03. The minimum atomic E-state index is 1.32. The van der Waals surface area contributed by atoms with Gasteiger partial charge in [0.1, 0.15) is 0 Å². The average molecular weight is 318 g/mol. The molecule has 16 heavy (non-hydrogen) atoms. The molecule has 0 unspecified atom stereocenters. The number of benzene rings is 3. The Labute approximate surface area is 108 Å². The van der Waals surface area contributed by atoms with Crippen LogP contribution in [0.15, 0.2) is 48.5 Å². The molecule has 0 bridgehead atoms. The molecule has 0 amide bonds. The summed E-state index contributed by atoms with van der Waals surface area (Å²) >= 11 is 2.42. The van der Waals surface area contributed by atoms with E-state index in [9.17, 15) is 0 Å². The van der Waals surface area contributed by atoms with E-state index in [2.05, 4.69) is 78.0 Å². The molecule has 78 valence electrons. The van der Waals surface area contributed by atoms with Crippen LogP contribution in [0.5, 0.6) is 0 Å². The molecule has 0 N–H and O–H groups in total. The van der Waals surface area contributed by atoms with Gasteiger partial charge in [-0.15, -0.1) is 0 Å². The fourth-order valence-corrected chi connectivity index (χ4v) is 3.17. The lowest BCUT2D eigenvalue weighted by Crippen LogP contribution is -1.83. The Balaban J connectivity index is 2.59. The Hall–Kier alpha value is -1.09. The van der Waals surface area contributed by atoms with Gasteiger partial charge in [-0.2, -0.15) is 0 Å². The highest BCUT2D eigenvalue weighted by atomic mass is 127. The first-order valence-corrected chi connectivity index (χ1v) is 6.41. The van der Waals surface area contributed by atoms with Gasteiger partial charge in [0.05, 0.1) is 0 Å². The minimum Gasteiger partial charge on any atom is -0.0616 e. The Morgan fingerprint density at radius 2 is 1.62 bits per heavy atom. The fourth-order valence-electron chi connectivity index (χ4n) is 2.21. The topological polar surface area (TPSA) is 0 Å². The second-order valence-electron chi connectivity index (χ2n) is 4.13. The van der Waals surface area contributed by atoms with E-state index in [0.29, 0.717) is 0 Å². The zero-order valence-electron chi connectivity index (χ0n) is 9.00. The first kappa shape index (κ1) is 10.1. The highest BCUT2D eigenvalue weighted by Crippen LogP contribution is 2.29. The van der Waals surface area contributed by atoms with Crippen molar-refractivity contribution in [3.05, 3.63) is 57.7 Å². The number of halogens is 1. The van der Waals surface area contributed by atoms with Gasteiger partial charge >= 0.3 is 0 Å². The number of rotatable bonds is 0. The monoisotopic (exact) mass is 318 g/mol. The third-order valence-corrected chi connectivity index (χ3v) is 3.85. The molecule has 3 aromatic rings. The Kier molecular flexibility index (Phi) is 2.36. The second kappa shape index (κ2) is 3.74. The Morgan fingerprint density at radius 3 is 2.50 bits per heavy atom. The van der Waals surface area contributed by atoms with Crippen LogP contribution in [-0.2, 0) is 0 Å². The molecule has 0 aliphatic heterocycles. The molecule has 0 saturated carbocycles. The van der Waals surface area contributed by atoms with Crippen LogP contribution in [0.25, 0.3) is 21.5 Å². The van der Waals surface area contributed by atoms with Crippen LogP contribution in [0.2, 0.25) is 0 Å². The van der Waals surface area contributed by atoms with Crippen LogP contribution < -0.4 is 0 Å². The van der Waals surface area contributed by atoms with Crippen molar-refractivity contribution in [1.29, 1.82) is 0 Å². The van der Waals surface area contributed by atoms with E-state index < -0.39 is 0 Å². The molecule has 0 aromatic heterocycles. The molecule has 0 aliphatic carbocycles. The van der Waals surface area contributed by atoms with Crippen LogP contribution >= 0.6 is 22.6 Å². The highest BCUT2D eigenvalue weighted by molar-refractivity contribution is 14.1. The largest absolute Gasteiger partial charge is 0.0616 e. The molecule has 0 atom stereocenters. The van der Waals surface area contributed by atoms with Gasteiger partial charge in [0.15, 0.2) is 0 Å². The van der Waals surface area contributed by atoms with Crippen LogP contribution in [0.1, 0.15) is 5.56 Å². The van der Waals surface area contributed by atoms with E-state index in [1.165, 1.54) is 30.7 Å². The molecule has 1 heteroatoms. The summed E-state index contributed by atoms with van der Waals surface area (Å²) in [4.78, 5) is 0. The van der Waals surface area contributed by atoms with Gasteiger partial charge < -0.3 is 0 Å². The quantitative estimate of drug-likeness (QED) is 0.408. The third kappa shape index (κ3) is 1.50.